The van der Waals surface area contributed by atoms with Gasteiger partial charge in [-0.2, -0.15) is 0 Å². The van der Waals surface area contributed by atoms with Gasteiger partial charge in [-0.05, 0) is 51.4 Å². The fraction of sp³-hybridized carbons (Fsp3) is 0.880. The van der Waals surface area contributed by atoms with Gasteiger partial charge in [-0.3, -0.25) is 9.59 Å². The second kappa shape index (κ2) is 66.5. The summed E-state index contributed by atoms with van der Waals surface area (Å²) in [6, 6.07) is 0. The van der Waals surface area contributed by atoms with Gasteiger partial charge in [-0.25, -0.2) is 4.79 Å². The Labute approximate surface area is 521 Å². The summed E-state index contributed by atoms with van der Waals surface area (Å²) in [5.41, 5.74) is 0. The van der Waals surface area contributed by atoms with E-state index in [1.54, 1.807) is 0 Å². The summed E-state index contributed by atoms with van der Waals surface area (Å²) in [5.74, 6) is -2.00. The Bertz CT molecular complexity index is 1470. The van der Waals surface area contributed by atoms with Crippen molar-refractivity contribution in [2.45, 2.75) is 379 Å². The van der Waals surface area contributed by atoms with Crippen molar-refractivity contribution >= 4 is 17.9 Å². The Morgan fingerprint density at radius 3 is 0.952 bits per heavy atom. The summed E-state index contributed by atoms with van der Waals surface area (Å²) in [4.78, 5) is 37.6. The number of carbonyl (C=O) groups is 3. The summed E-state index contributed by atoms with van der Waals surface area (Å²) in [6.07, 6.45) is 81.5. The van der Waals surface area contributed by atoms with Crippen LogP contribution in [-0.2, 0) is 33.3 Å². The molecule has 0 aliphatic carbocycles. The molecule has 0 radical (unpaired) electrons. The number of allylic oxidation sites excluding steroid dienone is 6. The number of unbranched alkanes of at least 4 members (excludes halogenated alkanes) is 48. The average molecular weight is 1190 g/mol. The summed E-state index contributed by atoms with van der Waals surface area (Å²) in [5, 5.41) is 9.74. The molecule has 494 valence electrons. The van der Waals surface area contributed by atoms with E-state index in [4.69, 9.17) is 18.9 Å². The minimum Gasteiger partial charge on any atom is -0.477 e. The maximum Gasteiger partial charge on any atom is 0.361 e. The van der Waals surface area contributed by atoms with E-state index in [2.05, 4.69) is 50.3 Å². The Kier molecular flexibility index (Phi) is 64.5. The first-order chi connectivity index (χ1) is 41.1. The molecule has 9 nitrogen and oxygen atoms in total. The van der Waals surface area contributed by atoms with Gasteiger partial charge < -0.3 is 28.5 Å². The van der Waals surface area contributed by atoms with E-state index >= 15 is 0 Å². The summed E-state index contributed by atoms with van der Waals surface area (Å²) < 4.78 is 23.0. The summed E-state index contributed by atoms with van der Waals surface area (Å²) in [6.45, 7) is 4.91. The highest BCUT2D eigenvalue weighted by molar-refractivity contribution is 5.71. The van der Waals surface area contributed by atoms with Gasteiger partial charge >= 0.3 is 17.9 Å². The lowest BCUT2D eigenvalue weighted by atomic mass is 10.0. The van der Waals surface area contributed by atoms with Crippen LogP contribution in [0, 0.1) is 0 Å². The molecule has 0 spiro atoms. The standard InChI is InChI=1S/C75H141NO8/c1-6-8-10-12-14-16-18-20-22-24-26-28-29-30-31-32-33-34-35-36-37-38-39-40-41-42-43-44-46-47-49-51-53-55-57-59-61-63-65-72(77)82-69-71(70-83-75(74(79)80)81-68-67-76(3,4)5)84-73(78)66-64-62-60-58-56-54-52-50-48-45-27-25-23-21-19-17-15-13-11-9-7-2/h19,21,25,27,48,50,71,75H,6-18,20,22-24,26,28-47,49,51-70H2,1-5H3/p+1/b21-19-,27-25-,50-48-. The van der Waals surface area contributed by atoms with Crippen LogP contribution in [0.5, 0.6) is 0 Å². The van der Waals surface area contributed by atoms with Crippen molar-refractivity contribution in [3.8, 4) is 0 Å². The smallest absolute Gasteiger partial charge is 0.361 e. The molecule has 0 aromatic rings. The third kappa shape index (κ3) is 67.0. The molecule has 0 heterocycles. The van der Waals surface area contributed by atoms with Crippen LogP contribution in [0.25, 0.3) is 0 Å². The van der Waals surface area contributed by atoms with Gasteiger partial charge in [0.1, 0.15) is 13.2 Å². The number of hydrogen-bond acceptors (Lipinski definition) is 7. The predicted octanol–water partition coefficient (Wildman–Crippen LogP) is 22.8. The Morgan fingerprint density at radius 2 is 0.643 bits per heavy atom. The van der Waals surface area contributed by atoms with Crippen LogP contribution in [-0.4, -0.2) is 87.4 Å². The van der Waals surface area contributed by atoms with Gasteiger partial charge in [-0.1, -0.05) is 339 Å². The normalized spacial score (nSPS) is 12.8. The van der Waals surface area contributed by atoms with Crippen LogP contribution < -0.4 is 0 Å². The molecule has 0 rings (SSSR count). The molecule has 1 N–H and O–H groups in total. The molecule has 2 atom stereocenters. The minimum atomic E-state index is -1.51. The fourth-order valence-corrected chi connectivity index (χ4v) is 11.0. The minimum absolute atomic E-state index is 0.184. The van der Waals surface area contributed by atoms with Gasteiger partial charge in [0.2, 0.25) is 0 Å². The number of esters is 2. The second-order valence-corrected chi connectivity index (χ2v) is 26.3. The average Bonchev–Trinajstić information content (AvgIpc) is 3.55. The van der Waals surface area contributed by atoms with Crippen LogP contribution >= 0.6 is 0 Å². The monoisotopic (exact) mass is 1190 g/mol. The van der Waals surface area contributed by atoms with E-state index in [-0.39, 0.29) is 32.2 Å². The Morgan fingerprint density at radius 1 is 0.357 bits per heavy atom. The number of hydrogen-bond donors (Lipinski definition) is 1. The zero-order valence-corrected chi connectivity index (χ0v) is 56.6. The number of rotatable bonds is 69. The lowest BCUT2D eigenvalue weighted by Crippen LogP contribution is -2.40. The lowest BCUT2D eigenvalue weighted by Gasteiger charge is -2.25. The van der Waals surface area contributed by atoms with Crippen LogP contribution in [0.1, 0.15) is 367 Å². The van der Waals surface area contributed by atoms with Crippen molar-refractivity contribution < 1.29 is 42.9 Å². The van der Waals surface area contributed by atoms with Crippen LogP contribution in [0.4, 0.5) is 0 Å². The van der Waals surface area contributed by atoms with Crippen molar-refractivity contribution in [3.05, 3.63) is 36.5 Å². The number of carboxylic acid groups (broad SMARTS) is 1. The largest absolute Gasteiger partial charge is 0.477 e. The number of aliphatic carboxylic acids is 1. The number of carbonyl (C=O) groups excluding carboxylic acids is 2. The van der Waals surface area contributed by atoms with E-state index in [0.717, 1.165) is 57.8 Å². The molecule has 0 aliphatic rings. The van der Waals surface area contributed by atoms with Crippen molar-refractivity contribution in [2.75, 3.05) is 47.5 Å². The quantitative estimate of drug-likeness (QED) is 0.0211. The van der Waals surface area contributed by atoms with Gasteiger partial charge in [0.05, 0.1) is 34.4 Å². The lowest BCUT2D eigenvalue weighted by molar-refractivity contribution is -0.870. The first-order valence-corrected chi connectivity index (χ1v) is 36.7. The first-order valence-electron chi connectivity index (χ1n) is 36.7. The molecule has 0 saturated heterocycles. The summed E-state index contributed by atoms with van der Waals surface area (Å²) in [7, 11) is 5.98. The molecule has 0 aliphatic heterocycles. The molecule has 9 heteroatoms. The molecule has 0 fully saturated rings. The molecule has 0 aromatic carbocycles. The topological polar surface area (TPSA) is 108 Å². The maximum absolute atomic E-state index is 12.9. The zero-order chi connectivity index (χ0) is 61.2. The Balaban J connectivity index is 3.97. The van der Waals surface area contributed by atoms with Crippen molar-refractivity contribution in [1.82, 2.24) is 0 Å². The van der Waals surface area contributed by atoms with Gasteiger partial charge in [-0.15, -0.1) is 0 Å². The molecular formula is C75H142NO8+. The van der Waals surface area contributed by atoms with Crippen molar-refractivity contribution in [2.24, 2.45) is 0 Å². The highest BCUT2D eigenvalue weighted by atomic mass is 16.7. The predicted molar refractivity (Wildman–Crippen MR) is 360 cm³/mol. The van der Waals surface area contributed by atoms with E-state index in [1.165, 1.54) is 276 Å². The number of nitrogens with zero attached hydrogens (tertiary/aromatic N) is 1. The molecule has 84 heavy (non-hydrogen) atoms. The molecule has 0 amide bonds. The van der Waals surface area contributed by atoms with Gasteiger partial charge in [0.25, 0.3) is 6.29 Å². The first kappa shape index (κ1) is 81.5. The third-order valence-corrected chi connectivity index (χ3v) is 16.6. The van der Waals surface area contributed by atoms with E-state index < -0.39 is 24.3 Å². The molecular weight excluding hydrogens is 1040 g/mol. The van der Waals surface area contributed by atoms with E-state index in [1.807, 2.05) is 21.1 Å². The molecule has 0 aromatic heterocycles. The van der Waals surface area contributed by atoms with Crippen molar-refractivity contribution in [1.29, 1.82) is 0 Å². The van der Waals surface area contributed by atoms with Gasteiger partial charge in [0, 0.05) is 12.8 Å². The molecule has 2 unspecified atom stereocenters. The SMILES string of the molecule is CCCCCCC/C=C\C/C=C\C/C=C\CCCCCCCCC(=O)OC(COC(=O)CCCCCCCCCCCCCCCCCCCCCCCCCCCCCCCCCCCCCCCC)COC(OCC[N+](C)(C)C)C(=O)O. The highest BCUT2D eigenvalue weighted by Crippen LogP contribution is 2.19. The van der Waals surface area contributed by atoms with E-state index in [0.29, 0.717) is 23.9 Å². The van der Waals surface area contributed by atoms with E-state index in [9.17, 15) is 19.5 Å². The van der Waals surface area contributed by atoms with Crippen LogP contribution in [0.2, 0.25) is 0 Å². The van der Waals surface area contributed by atoms with Crippen LogP contribution in [0.15, 0.2) is 36.5 Å². The zero-order valence-electron chi connectivity index (χ0n) is 56.6. The number of likely N-dealkylation sites (N-methyl/N-ethyl adjacent to an activating group) is 1. The molecule has 0 saturated carbocycles. The number of carboxylic acids is 1. The number of quaternary nitrogens is 1. The fourth-order valence-electron chi connectivity index (χ4n) is 11.0. The van der Waals surface area contributed by atoms with Gasteiger partial charge in [0.15, 0.2) is 6.10 Å². The molecule has 0 bridgehead atoms. The Hall–Kier alpha value is -2.49. The van der Waals surface area contributed by atoms with Crippen molar-refractivity contribution in [3.63, 3.8) is 0 Å². The maximum atomic E-state index is 12.9. The second-order valence-electron chi connectivity index (χ2n) is 26.3. The summed E-state index contributed by atoms with van der Waals surface area (Å²) >= 11 is 0. The third-order valence-electron chi connectivity index (χ3n) is 16.6. The number of ether oxygens (including phenoxy) is 4. The highest BCUT2D eigenvalue weighted by Gasteiger charge is 2.25. The van der Waals surface area contributed by atoms with Crippen LogP contribution in [0.3, 0.4) is 0 Å².